The van der Waals surface area contributed by atoms with E-state index in [1.165, 1.54) is 12.1 Å². The van der Waals surface area contributed by atoms with Crippen LogP contribution in [0.2, 0.25) is 0 Å². The van der Waals surface area contributed by atoms with Crippen LogP contribution in [-0.2, 0) is 16.0 Å². The SMILES string of the molecule is COC(=O)C(F)(F)Cc1ccc(Br)cc1. The zero-order valence-corrected chi connectivity index (χ0v) is 9.55. The van der Waals surface area contributed by atoms with Gasteiger partial charge in [0, 0.05) is 10.9 Å². The first-order valence-corrected chi connectivity index (χ1v) is 4.95. The van der Waals surface area contributed by atoms with Gasteiger partial charge >= 0.3 is 11.9 Å². The lowest BCUT2D eigenvalue weighted by molar-refractivity contribution is -0.168. The maximum atomic E-state index is 13.1. The fourth-order valence-electron chi connectivity index (χ4n) is 1.08. The Hall–Kier alpha value is -0.970. The number of esters is 1. The first-order chi connectivity index (χ1) is 6.95. The van der Waals surface area contributed by atoms with E-state index in [-0.39, 0.29) is 0 Å². The number of ether oxygens (including phenoxy) is 1. The summed E-state index contributed by atoms with van der Waals surface area (Å²) in [4.78, 5) is 10.7. The second-order valence-corrected chi connectivity index (χ2v) is 3.91. The Kier molecular flexibility index (Phi) is 3.79. The van der Waals surface area contributed by atoms with Crippen LogP contribution in [0.25, 0.3) is 0 Å². The predicted octanol–water partition coefficient (Wildman–Crippen LogP) is 2.80. The molecule has 0 saturated carbocycles. The summed E-state index contributed by atoms with van der Waals surface area (Å²) >= 11 is 3.19. The molecular weight excluding hydrogens is 270 g/mol. The molecule has 5 heteroatoms. The molecule has 0 atom stereocenters. The Morgan fingerprint density at radius 1 is 1.40 bits per heavy atom. The molecular formula is C10H9BrF2O2. The summed E-state index contributed by atoms with van der Waals surface area (Å²) in [5.74, 6) is -4.98. The van der Waals surface area contributed by atoms with Crippen molar-refractivity contribution in [2.24, 2.45) is 0 Å². The molecule has 1 aromatic carbocycles. The fraction of sp³-hybridized carbons (Fsp3) is 0.300. The van der Waals surface area contributed by atoms with Crippen LogP contribution in [0.3, 0.4) is 0 Å². The van der Waals surface area contributed by atoms with E-state index in [0.29, 0.717) is 5.56 Å². The fourth-order valence-corrected chi connectivity index (χ4v) is 1.34. The monoisotopic (exact) mass is 278 g/mol. The molecule has 82 valence electrons. The molecule has 15 heavy (non-hydrogen) atoms. The molecule has 0 saturated heterocycles. The second kappa shape index (κ2) is 4.70. The molecule has 2 nitrogen and oxygen atoms in total. The van der Waals surface area contributed by atoms with E-state index < -0.39 is 18.3 Å². The van der Waals surface area contributed by atoms with Gasteiger partial charge in [-0.05, 0) is 17.7 Å². The third-order valence-electron chi connectivity index (χ3n) is 1.82. The summed E-state index contributed by atoms with van der Waals surface area (Å²) in [5.41, 5.74) is 0.383. The minimum Gasteiger partial charge on any atom is -0.465 e. The normalized spacial score (nSPS) is 11.2. The number of hydrogen-bond acceptors (Lipinski definition) is 2. The molecule has 0 heterocycles. The Balaban J connectivity index is 2.77. The Morgan fingerprint density at radius 2 is 1.93 bits per heavy atom. The van der Waals surface area contributed by atoms with E-state index >= 15 is 0 Å². The molecule has 0 aromatic heterocycles. The Labute approximate surface area is 94.4 Å². The lowest BCUT2D eigenvalue weighted by Gasteiger charge is -2.13. The summed E-state index contributed by atoms with van der Waals surface area (Å²) in [6.45, 7) is 0. The Morgan fingerprint density at radius 3 is 2.40 bits per heavy atom. The van der Waals surface area contributed by atoms with E-state index in [9.17, 15) is 13.6 Å². The smallest absolute Gasteiger partial charge is 0.377 e. The van der Waals surface area contributed by atoms with Crippen molar-refractivity contribution in [3.63, 3.8) is 0 Å². The molecule has 0 spiro atoms. The van der Waals surface area contributed by atoms with Crippen LogP contribution in [-0.4, -0.2) is 19.0 Å². The topological polar surface area (TPSA) is 26.3 Å². The molecule has 0 unspecified atom stereocenters. The average Bonchev–Trinajstić information content (AvgIpc) is 2.20. The molecule has 0 aliphatic rings. The van der Waals surface area contributed by atoms with Crippen LogP contribution < -0.4 is 0 Å². The van der Waals surface area contributed by atoms with Crippen LogP contribution in [0.5, 0.6) is 0 Å². The van der Waals surface area contributed by atoms with Crippen molar-refractivity contribution >= 4 is 21.9 Å². The quantitative estimate of drug-likeness (QED) is 0.795. The zero-order chi connectivity index (χ0) is 11.5. The lowest BCUT2D eigenvalue weighted by atomic mass is 10.1. The highest BCUT2D eigenvalue weighted by Gasteiger charge is 2.40. The van der Waals surface area contributed by atoms with E-state index in [0.717, 1.165) is 11.6 Å². The van der Waals surface area contributed by atoms with Gasteiger partial charge in [-0.1, -0.05) is 28.1 Å². The molecule has 0 N–H and O–H groups in total. The van der Waals surface area contributed by atoms with Crippen LogP contribution in [0, 0.1) is 0 Å². The first kappa shape index (κ1) is 12.1. The zero-order valence-electron chi connectivity index (χ0n) is 7.97. The van der Waals surface area contributed by atoms with Crippen LogP contribution in [0.4, 0.5) is 8.78 Å². The summed E-state index contributed by atoms with van der Waals surface area (Å²) < 4.78 is 31.0. The number of carbonyl (C=O) groups is 1. The predicted molar refractivity (Wildman–Crippen MR) is 54.8 cm³/mol. The highest BCUT2D eigenvalue weighted by Crippen LogP contribution is 2.22. The van der Waals surface area contributed by atoms with Crippen molar-refractivity contribution in [2.45, 2.75) is 12.3 Å². The molecule has 0 bridgehead atoms. The number of methoxy groups -OCH3 is 1. The van der Waals surface area contributed by atoms with Gasteiger partial charge in [0.2, 0.25) is 0 Å². The van der Waals surface area contributed by atoms with Gasteiger partial charge in [0.1, 0.15) is 0 Å². The van der Waals surface area contributed by atoms with Crippen molar-refractivity contribution < 1.29 is 18.3 Å². The van der Waals surface area contributed by atoms with Crippen molar-refractivity contribution in [1.29, 1.82) is 0 Å². The number of hydrogen-bond donors (Lipinski definition) is 0. The number of alkyl halides is 2. The van der Waals surface area contributed by atoms with Gasteiger partial charge in [-0.25, -0.2) is 4.79 Å². The van der Waals surface area contributed by atoms with Crippen molar-refractivity contribution in [3.8, 4) is 0 Å². The van der Waals surface area contributed by atoms with Crippen LogP contribution >= 0.6 is 15.9 Å². The molecule has 0 aliphatic carbocycles. The van der Waals surface area contributed by atoms with Gasteiger partial charge in [-0.3, -0.25) is 0 Å². The van der Waals surface area contributed by atoms with Gasteiger partial charge in [0.05, 0.1) is 7.11 Å². The molecule has 1 rings (SSSR count). The molecule has 0 radical (unpaired) electrons. The average molecular weight is 279 g/mol. The minimum absolute atomic E-state index is 0.383. The van der Waals surface area contributed by atoms with E-state index in [4.69, 9.17) is 0 Å². The van der Waals surface area contributed by atoms with Crippen LogP contribution in [0.15, 0.2) is 28.7 Å². The third kappa shape index (κ3) is 3.27. The third-order valence-corrected chi connectivity index (χ3v) is 2.35. The highest BCUT2D eigenvalue weighted by molar-refractivity contribution is 9.10. The van der Waals surface area contributed by atoms with Crippen molar-refractivity contribution in [1.82, 2.24) is 0 Å². The van der Waals surface area contributed by atoms with Crippen molar-refractivity contribution in [2.75, 3.05) is 7.11 Å². The maximum Gasteiger partial charge on any atom is 0.377 e. The van der Waals surface area contributed by atoms with Gasteiger partial charge < -0.3 is 4.74 Å². The Bertz CT molecular complexity index is 349. The lowest BCUT2D eigenvalue weighted by Crippen LogP contribution is -2.32. The second-order valence-electron chi connectivity index (χ2n) is 3.00. The summed E-state index contributed by atoms with van der Waals surface area (Å²) in [5, 5.41) is 0. The van der Waals surface area contributed by atoms with E-state index in [2.05, 4.69) is 20.7 Å². The van der Waals surface area contributed by atoms with Gasteiger partial charge in [0.25, 0.3) is 0 Å². The number of rotatable bonds is 3. The number of halogens is 3. The standard InChI is InChI=1S/C10H9BrF2O2/c1-15-9(14)10(12,13)6-7-2-4-8(11)5-3-7/h2-5H,6H2,1H3. The van der Waals surface area contributed by atoms with Crippen molar-refractivity contribution in [3.05, 3.63) is 34.3 Å². The van der Waals surface area contributed by atoms with Crippen LogP contribution in [0.1, 0.15) is 5.56 Å². The minimum atomic E-state index is -3.47. The maximum absolute atomic E-state index is 13.1. The van der Waals surface area contributed by atoms with Gasteiger partial charge in [0.15, 0.2) is 0 Å². The first-order valence-electron chi connectivity index (χ1n) is 4.16. The van der Waals surface area contributed by atoms with Gasteiger partial charge in [-0.15, -0.1) is 0 Å². The molecule has 0 fully saturated rings. The summed E-state index contributed by atoms with van der Waals surface area (Å²) in [6, 6.07) is 6.34. The van der Waals surface area contributed by atoms with E-state index in [1.807, 2.05) is 0 Å². The summed E-state index contributed by atoms with van der Waals surface area (Å²) in [7, 11) is 0.942. The molecule has 0 amide bonds. The summed E-state index contributed by atoms with van der Waals surface area (Å²) in [6.07, 6.45) is -0.646. The number of carbonyl (C=O) groups excluding carboxylic acids is 1. The highest BCUT2D eigenvalue weighted by atomic mass is 79.9. The molecule has 0 aliphatic heterocycles. The molecule has 1 aromatic rings. The van der Waals surface area contributed by atoms with E-state index in [1.54, 1.807) is 12.1 Å². The van der Waals surface area contributed by atoms with Gasteiger partial charge in [-0.2, -0.15) is 8.78 Å². The number of benzene rings is 1. The largest absolute Gasteiger partial charge is 0.465 e.